The third-order valence-electron chi connectivity index (χ3n) is 13.1. The van der Waals surface area contributed by atoms with Gasteiger partial charge in [0.25, 0.3) is 0 Å². The number of hydrogen-bond donors (Lipinski definition) is 15. The van der Waals surface area contributed by atoms with Crippen molar-refractivity contribution in [2.45, 2.75) is 119 Å². The molecule has 8 atom stereocenters. The number of unbranched alkanes of at least 4 members (excludes halogenated alkanes) is 1. The number of guanidine groups is 1. The van der Waals surface area contributed by atoms with Gasteiger partial charge in [0.15, 0.2) is 5.96 Å². The highest BCUT2D eigenvalue weighted by Crippen LogP contribution is 2.16. The van der Waals surface area contributed by atoms with Crippen LogP contribution in [0.3, 0.4) is 0 Å². The van der Waals surface area contributed by atoms with Crippen LogP contribution in [0.25, 0.3) is 0 Å². The van der Waals surface area contributed by atoms with Crippen molar-refractivity contribution in [2.75, 3.05) is 18.8 Å². The number of nitrogens with zero attached hydrogens (tertiary/aromatic N) is 1. The minimum atomic E-state index is -1.56. The first kappa shape index (κ1) is 63.1. The van der Waals surface area contributed by atoms with Crippen LogP contribution in [-0.2, 0) is 68.8 Å². The summed E-state index contributed by atoms with van der Waals surface area (Å²) in [5.74, 6) is -8.62. The summed E-state index contributed by atoms with van der Waals surface area (Å²) < 4.78 is 0. The highest BCUT2D eigenvalue weighted by Gasteiger charge is 2.36. The van der Waals surface area contributed by atoms with Gasteiger partial charge in [-0.15, -0.1) is 0 Å². The summed E-state index contributed by atoms with van der Waals surface area (Å²) in [6.07, 6.45) is -0.760. The molecule has 4 aromatic carbocycles. The van der Waals surface area contributed by atoms with Gasteiger partial charge >= 0.3 is 0 Å². The number of carbonyl (C=O) groups is 9. The second kappa shape index (κ2) is 32.4. The zero-order valence-corrected chi connectivity index (χ0v) is 45.6. The number of phenolic OH excluding ortho intramolecular Hbond substituents is 2. The first-order chi connectivity index (χ1) is 38.8. The van der Waals surface area contributed by atoms with Gasteiger partial charge < -0.3 is 75.7 Å². The molecule has 434 valence electrons. The lowest BCUT2D eigenvalue weighted by Crippen LogP contribution is -2.62. The van der Waals surface area contributed by atoms with Gasteiger partial charge in [0.05, 0.1) is 0 Å². The molecule has 24 nitrogen and oxygen atoms in total. The molecule has 25 heteroatoms. The van der Waals surface area contributed by atoms with E-state index < -0.39 is 108 Å². The third-order valence-corrected chi connectivity index (χ3v) is 13.5. The zero-order chi connectivity index (χ0) is 58.8. The number of aliphatic imine (C=N–C) groups is 1. The SMILES string of the molecule is NCCCC[C@@H]1NC(=O)[C@H](CCCN=C(N)N)NC(=O)[C@H](CCC(N)=O)NC(=O)[C@H](Cc2ccccc2)NC(=O)[C@H](Cc2ccccc2)NC(=O)[C@H](Cc2ccc(O)cc2)NC(=O)[C@H](Cc2ccc(O)cc2)NC(=O)[C@H](CS)NC1=O. The van der Waals surface area contributed by atoms with E-state index in [0.29, 0.717) is 35.1 Å². The summed E-state index contributed by atoms with van der Waals surface area (Å²) in [4.78, 5) is 133. The van der Waals surface area contributed by atoms with Crippen LogP contribution in [0.5, 0.6) is 11.5 Å². The molecule has 1 heterocycles. The third kappa shape index (κ3) is 21.5. The van der Waals surface area contributed by atoms with Crippen LogP contribution in [0.15, 0.2) is 114 Å². The number of phenols is 2. The number of hydrogen-bond acceptors (Lipinski definition) is 14. The lowest BCUT2D eigenvalue weighted by Gasteiger charge is -2.29. The number of aromatic hydroxyl groups is 2. The van der Waals surface area contributed by atoms with Crippen molar-refractivity contribution in [3.8, 4) is 11.5 Å². The average molecular weight is 1140 g/mol. The second-order valence-electron chi connectivity index (χ2n) is 19.5. The minimum absolute atomic E-state index is 0.00125. The van der Waals surface area contributed by atoms with E-state index in [9.17, 15) is 53.4 Å². The Morgan fingerprint density at radius 2 is 0.728 bits per heavy atom. The van der Waals surface area contributed by atoms with Gasteiger partial charge in [-0.2, -0.15) is 12.6 Å². The number of thiol groups is 1. The van der Waals surface area contributed by atoms with E-state index in [2.05, 4.69) is 60.2 Å². The Morgan fingerprint density at radius 1 is 0.420 bits per heavy atom. The van der Waals surface area contributed by atoms with Gasteiger partial charge in [-0.25, -0.2) is 0 Å². The largest absolute Gasteiger partial charge is 0.508 e. The maximum atomic E-state index is 14.9. The molecule has 9 amide bonds. The van der Waals surface area contributed by atoms with Gasteiger partial charge in [0, 0.05) is 44.4 Å². The fraction of sp³-hybridized carbons (Fsp3) is 0.393. The maximum absolute atomic E-state index is 14.9. The summed E-state index contributed by atoms with van der Waals surface area (Å²) in [6.45, 7) is 0.248. The summed E-state index contributed by atoms with van der Waals surface area (Å²) in [5, 5.41) is 41.8. The van der Waals surface area contributed by atoms with Crippen LogP contribution in [0, 0.1) is 0 Å². The topological polar surface area (TPSA) is 407 Å². The maximum Gasteiger partial charge on any atom is 0.244 e. The number of primary amides is 1. The number of benzene rings is 4. The van der Waals surface area contributed by atoms with Crippen LogP contribution in [0.4, 0.5) is 0 Å². The monoisotopic (exact) mass is 1140 g/mol. The number of nitrogens with two attached hydrogens (primary N) is 4. The molecule has 81 heavy (non-hydrogen) atoms. The van der Waals surface area contributed by atoms with Crippen LogP contribution in [0.2, 0.25) is 0 Å². The van der Waals surface area contributed by atoms with E-state index in [1.807, 2.05) is 0 Å². The van der Waals surface area contributed by atoms with Crippen molar-refractivity contribution in [1.29, 1.82) is 0 Å². The molecule has 0 radical (unpaired) electrons. The fourth-order valence-electron chi connectivity index (χ4n) is 8.73. The smallest absolute Gasteiger partial charge is 0.244 e. The van der Waals surface area contributed by atoms with E-state index in [0.717, 1.165) is 0 Å². The van der Waals surface area contributed by atoms with Crippen molar-refractivity contribution in [3.63, 3.8) is 0 Å². The fourth-order valence-corrected chi connectivity index (χ4v) is 8.99. The van der Waals surface area contributed by atoms with E-state index in [1.165, 1.54) is 48.5 Å². The molecule has 1 aliphatic heterocycles. The molecule has 0 aliphatic carbocycles. The number of amides is 9. The van der Waals surface area contributed by atoms with Crippen LogP contribution in [-0.4, -0.2) is 137 Å². The van der Waals surface area contributed by atoms with Crippen LogP contribution in [0.1, 0.15) is 67.2 Å². The lowest BCUT2D eigenvalue weighted by atomic mass is 10.00. The van der Waals surface area contributed by atoms with Gasteiger partial charge in [-0.3, -0.25) is 48.1 Å². The van der Waals surface area contributed by atoms with E-state index in [1.54, 1.807) is 60.7 Å². The Bertz CT molecular complexity index is 2790. The first-order valence-corrected chi connectivity index (χ1v) is 27.2. The highest BCUT2D eigenvalue weighted by molar-refractivity contribution is 7.80. The van der Waals surface area contributed by atoms with Crippen molar-refractivity contribution in [2.24, 2.45) is 27.9 Å². The predicted molar refractivity (Wildman–Crippen MR) is 304 cm³/mol. The molecular weight excluding hydrogens is 1060 g/mol. The van der Waals surface area contributed by atoms with E-state index in [-0.39, 0.29) is 87.7 Å². The Kier molecular flexibility index (Phi) is 25.2. The zero-order valence-electron chi connectivity index (χ0n) is 44.7. The molecule has 1 saturated heterocycles. The summed E-state index contributed by atoms with van der Waals surface area (Å²) in [5.41, 5.74) is 24.5. The number of rotatable bonds is 20. The molecule has 0 saturated carbocycles. The van der Waals surface area contributed by atoms with Crippen molar-refractivity contribution in [1.82, 2.24) is 42.5 Å². The molecule has 5 rings (SSSR count). The summed E-state index contributed by atoms with van der Waals surface area (Å²) in [6, 6.07) is 17.1. The Hall–Kier alpha value is -8.71. The normalized spacial score (nSPS) is 22.0. The number of nitrogens with one attached hydrogen (secondary N) is 8. The van der Waals surface area contributed by atoms with Crippen LogP contribution < -0.4 is 65.5 Å². The average Bonchev–Trinajstić information content (AvgIpc) is 3.50. The van der Waals surface area contributed by atoms with E-state index >= 15 is 0 Å². The van der Waals surface area contributed by atoms with Crippen LogP contribution >= 0.6 is 12.6 Å². The molecule has 4 aromatic rings. The summed E-state index contributed by atoms with van der Waals surface area (Å²) in [7, 11) is 0. The quantitative estimate of drug-likeness (QED) is 0.0211. The second-order valence-corrected chi connectivity index (χ2v) is 19.9. The molecule has 0 unspecified atom stereocenters. The Labute approximate surface area is 474 Å². The molecule has 0 aromatic heterocycles. The molecule has 0 spiro atoms. The molecule has 18 N–H and O–H groups in total. The first-order valence-electron chi connectivity index (χ1n) is 26.5. The van der Waals surface area contributed by atoms with Crippen molar-refractivity contribution >= 4 is 71.8 Å². The van der Waals surface area contributed by atoms with Crippen molar-refractivity contribution in [3.05, 3.63) is 131 Å². The molecule has 1 aliphatic rings. The molecule has 1 fully saturated rings. The minimum Gasteiger partial charge on any atom is -0.508 e. The number of carbonyl (C=O) groups excluding carboxylic acids is 9. The molecule has 0 bridgehead atoms. The van der Waals surface area contributed by atoms with Gasteiger partial charge in [-0.05, 0) is 91.6 Å². The lowest BCUT2D eigenvalue weighted by molar-refractivity contribution is -0.136. The Balaban J connectivity index is 1.65. The van der Waals surface area contributed by atoms with Gasteiger partial charge in [0.2, 0.25) is 53.2 Å². The van der Waals surface area contributed by atoms with Gasteiger partial charge in [-0.1, -0.05) is 84.9 Å². The summed E-state index contributed by atoms with van der Waals surface area (Å²) >= 11 is 4.36. The van der Waals surface area contributed by atoms with Gasteiger partial charge in [0.1, 0.15) is 59.8 Å². The van der Waals surface area contributed by atoms with E-state index in [4.69, 9.17) is 22.9 Å². The Morgan fingerprint density at radius 3 is 1.07 bits per heavy atom. The standard InChI is InChI=1S/C56H73N13O11S/c57-26-8-7-14-39-49(74)69-46(32-81)55(80)68-45(31-36-18-22-38(71)23-19-36)54(79)67-44(30-35-16-20-37(70)21-17-35)53(78)66-43(29-34-12-5-2-6-13-34)52(77)65-42(28-33-10-3-1-4-11-33)51(76)64-41(24-25-47(58)72)50(75)63-40(48(73)62-39)15-9-27-61-56(59)60/h1-6,10-13,16-23,39-46,70-71,81H,7-9,14-15,24-32,57H2,(H2,58,72)(H,62,73)(H,63,75)(H,64,76)(H,65,77)(H,66,78)(H,67,79)(H,68,80)(H,69,74)(H4,59,60,61)/t39-,40-,41-,42-,43-,44-,45-,46-/m0/s1. The highest BCUT2D eigenvalue weighted by atomic mass is 32.1. The van der Waals surface area contributed by atoms with Crippen molar-refractivity contribution < 1.29 is 53.4 Å². The molecular formula is C56H73N13O11S. The predicted octanol–water partition coefficient (Wildman–Crippen LogP) is -1.36.